The van der Waals surface area contributed by atoms with Crippen LogP contribution in [0.15, 0.2) is 24.5 Å². The SMILES string of the molecule is Cc1ccn2c(NC(C)(C)C)cnc2c1. The number of rotatable bonds is 1. The molecule has 0 atom stereocenters. The van der Waals surface area contributed by atoms with Crippen molar-refractivity contribution in [3.05, 3.63) is 30.1 Å². The van der Waals surface area contributed by atoms with Gasteiger partial charge in [0.25, 0.3) is 0 Å². The molecule has 1 N–H and O–H groups in total. The van der Waals surface area contributed by atoms with Crippen LogP contribution in [0.25, 0.3) is 5.65 Å². The molecule has 80 valence electrons. The molecule has 0 radical (unpaired) electrons. The highest BCUT2D eigenvalue weighted by Crippen LogP contribution is 2.17. The van der Waals surface area contributed by atoms with Crippen LogP contribution in [0.4, 0.5) is 5.82 Å². The average molecular weight is 203 g/mol. The van der Waals surface area contributed by atoms with Crippen molar-refractivity contribution in [3.63, 3.8) is 0 Å². The van der Waals surface area contributed by atoms with Crippen LogP contribution in [0.5, 0.6) is 0 Å². The fourth-order valence-corrected chi connectivity index (χ4v) is 1.56. The number of hydrogen-bond acceptors (Lipinski definition) is 2. The Bertz CT molecular complexity index is 477. The number of nitrogens with one attached hydrogen (secondary N) is 1. The summed E-state index contributed by atoms with van der Waals surface area (Å²) in [4.78, 5) is 4.36. The molecule has 3 nitrogen and oxygen atoms in total. The van der Waals surface area contributed by atoms with E-state index in [-0.39, 0.29) is 5.54 Å². The molecule has 0 saturated heterocycles. The third-order valence-corrected chi connectivity index (χ3v) is 2.17. The summed E-state index contributed by atoms with van der Waals surface area (Å²) in [5.74, 6) is 1.04. The molecule has 0 saturated carbocycles. The summed E-state index contributed by atoms with van der Waals surface area (Å²) >= 11 is 0. The van der Waals surface area contributed by atoms with E-state index < -0.39 is 0 Å². The van der Waals surface area contributed by atoms with Crippen LogP contribution in [0.1, 0.15) is 26.3 Å². The van der Waals surface area contributed by atoms with Gasteiger partial charge in [-0.3, -0.25) is 4.40 Å². The number of anilines is 1. The average Bonchev–Trinajstić information content (AvgIpc) is 2.45. The van der Waals surface area contributed by atoms with Crippen molar-refractivity contribution in [3.8, 4) is 0 Å². The lowest BCUT2D eigenvalue weighted by molar-refractivity contribution is 0.629. The first-order valence-electron chi connectivity index (χ1n) is 5.18. The summed E-state index contributed by atoms with van der Waals surface area (Å²) < 4.78 is 2.07. The van der Waals surface area contributed by atoms with Gasteiger partial charge in [0.1, 0.15) is 11.5 Å². The first kappa shape index (κ1) is 10.0. The molecule has 0 aliphatic carbocycles. The van der Waals surface area contributed by atoms with E-state index in [1.54, 1.807) is 0 Å². The zero-order chi connectivity index (χ0) is 11.1. The zero-order valence-electron chi connectivity index (χ0n) is 9.70. The molecule has 2 aromatic heterocycles. The number of hydrogen-bond donors (Lipinski definition) is 1. The van der Waals surface area contributed by atoms with Crippen LogP contribution in [0, 0.1) is 6.92 Å². The van der Waals surface area contributed by atoms with E-state index in [1.807, 2.05) is 12.4 Å². The van der Waals surface area contributed by atoms with Crippen molar-refractivity contribution in [2.24, 2.45) is 0 Å². The first-order chi connectivity index (χ1) is 6.96. The molecule has 0 spiro atoms. The van der Waals surface area contributed by atoms with Gasteiger partial charge in [-0.25, -0.2) is 4.98 Å². The second kappa shape index (κ2) is 3.26. The molecule has 0 aromatic carbocycles. The smallest absolute Gasteiger partial charge is 0.138 e. The lowest BCUT2D eigenvalue weighted by atomic mass is 10.1. The molecular formula is C12H17N3. The summed E-state index contributed by atoms with van der Waals surface area (Å²) in [6.45, 7) is 8.49. The maximum absolute atomic E-state index is 4.36. The van der Waals surface area contributed by atoms with Gasteiger partial charge in [0, 0.05) is 11.7 Å². The molecule has 0 bridgehead atoms. The van der Waals surface area contributed by atoms with Crippen LogP contribution in [-0.4, -0.2) is 14.9 Å². The lowest BCUT2D eigenvalue weighted by Crippen LogP contribution is -2.26. The molecule has 0 fully saturated rings. The second-order valence-electron chi connectivity index (χ2n) is 4.95. The fraction of sp³-hybridized carbons (Fsp3) is 0.417. The first-order valence-corrected chi connectivity index (χ1v) is 5.18. The van der Waals surface area contributed by atoms with E-state index in [0.717, 1.165) is 11.5 Å². The maximum Gasteiger partial charge on any atom is 0.138 e. The Labute approximate surface area is 90.1 Å². The van der Waals surface area contributed by atoms with E-state index in [0.29, 0.717) is 0 Å². The fourth-order valence-electron chi connectivity index (χ4n) is 1.56. The Morgan fingerprint density at radius 2 is 2.07 bits per heavy atom. The van der Waals surface area contributed by atoms with Gasteiger partial charge in [0.2, 0.25) is 0 Å². The molecule has 15 heavy (non-hydrogen) atoms. The molecule has 0 aliphatic rings. The largest absolute Gasteiger partial charge is 0.365 e. The Morgan fingerprint density at radius 3 is 2.73 bits per heavy atom. The quantitative estimate of drug-likeness (QED) is 0.772. The van der Waals surface area contributed by atoms with Gasteiger partial charge < -0.3 is 5.32 Å². The van der Waals surface area contributed by atoms with Gasteiger partial charge in [-0.2, -0.15) is 0 Å². The van der Waals surface area contributed by atoms with E-state index in [9.17, 15) is 0 Å². The van der Waals surface area contributed by atoms with E-state index >= 15 is 0 Å². The van der Waals surface area contributed by atoms with Gasteiger partial charge in [0.15, 0.2) is 0 Å². The van der Waals surface area contributed by atoms with E-state index in [1.165, 1.54) is 5.56 Å². The van der Waals surface area contributed by atoms with Crippen molar-refractivity contribution in [1.82, 2.24) is 9.38 Å². The highest BCUT2D eigenvalue weighted by Gasteiger charge is 2.12. The Morgan fingerprint density at radius 1 is 1.33 bits per heavy atom. The topological polar surface area (TPSA) is 29.3 Å². The number of nitrogens with zero attached hydrogens (tertiary/aromatic N) is 2. The number of fused-ring (bicyclic) bond motifs is 1. The third kappa shape index (κ3) is 2.12. The van der Waals surface area contributed by atoms with Crippen LogP contribution in [0.2, 0.25) is 0 Å². The zero-order valence-corrected chi connectivity index (χ0v) is 9.70. The predicted molar refractivity (Wildman–Crippen MR) is 63.3 cm³/mol. The van der Waals surface area contributed by atoms with Crippen molar-refractivity contribution in [2.75, 3.05) is 5.32 Å². The van der Waals surface area contributed by atoms with Crippen molar-refractivity contribution in [1.29, 1.82) is 0 Å². The minimum absolute atomic E-state index is 0.0564. The molecular weight excluding hydrogens is 186 g/mol. The molecule has 3 heteroatoms. The molecule has 2 aromatic rings. The summed E-state index contributed by atoms with van der Waals surface area (Å²) in [5, 5.41) is 3.42. The lowest BCUT2D eigenvalue weighted by Gasteiger charge is -2.21. The molecule has 0 aliphatic heterocycles. The monoisotopic (exact) mass is 203 g/mol. The Hall–Kier alpha value is -1.51. The summed E-state index contributed by atoms with van der Waals surface area (Å²) in [7, 11) is 0. The number of pyridine rings is 1. The highest BCUT2D eigenvalue weighted by molar-refractivity contribution is 5.52. The van der Waals surface area contributed by atoms with Crippen LogP contribution >= 0.6 is 0 Å². The van der Waals surface area contributed by atoms with Gasteiger partial charge in [0.05, 0.1) is 6.20 Å². The molecule has 2 heterocycles. The minimum Gasteiger partial charge on any atom is -0.365 e. The molecule has 0 unspecified atom stereocenters. The van der Waals surface area contributed by atoms with Gasteiger partial charge in [-0.15, -0.1) is 0 Å². The van der Waals surface area contributed by atoms with Crippen molar-refractivity contribution < 1.29 is 0 Å². The van der Waals surface area contributed by atoms with Gasteiger partial charge in [-0.1, -0.05) is 0 Å². The van der Waals surface area contributed by atoms with E-state index in [4.69, 9.17) is 0 Å². The van der Waals surface area contributed by atoms with Crippen molar-refractivity contribution in [2.45, 2.75) is 33.2 Å². The van der Waals surface area contributed by atoms with Crippen LogP contribution in [-0.2, 0) is 0 Å². The summed E-state index contributed by atoms with van der Waals surface area (Å²) in [6, 6.07) is 4.16. The number of imidazole rings is 1. The van der Waals surface area contributed by atoms with E-state index in [2.05, 4.69) is 54.5 Å². The standard InChI is InChI=1S/C12H17N3/c1-9-5-6-15-10(7-9)13-8-11(15)14-12(2,3)4/h5-8,14H,1-4H3. The number of aromatic nitrogens is 2. The number of aryl methyl sites for hydroxylation is 1. The minimum atomic E-state index is 0.0564. The molecule has 0 amide bonds. The van der Waals surface area contributed by atoms with Gasteiger partial charge in [-0.05, 0) is 45.4 Å². The summed E-state index contributed by atoms with van der Waals surface area (Å²) in [5.41, 5.74) is 2.28. The predicted octanol–water partition coefficient (Wildman–Crippen LogP) is 2.85. The Balaban J connectivity index is 2.45. The maximum atomic E-state index is 4.36. The van der Waals surface area contributed by atoms with Gasteiger partial charge >= 0.3 is 0 Å². The van der Waals surface area contributed by atoms with Crippen molar-refractivity contribution >= 4 is 11.5 Å². The van der Waals surface area contributed by atoms with Crippen LogP contribution in [0.3, 0.4) is 0 Å². The van der Waals surface area contributed by atoms with Crippen LogP contribution < -0.4 is 5.32 Å². The molecule has 2 rings (SSSR count). The third-order valence-electron chi connectivity index (χ3n) is 2.17. The second-order valence-corrected chi connectivity index (χ2v) is 4.95. The highest BCUT2D eigenvalue weighted by atomic mass is 15.1. The summed E-state index contributed by atoms with van der Waals surface area (Å²) in [6.07, 6.45) is 3.92. The normalized spacial score (nSPS) is 12.0. The Kier molecular flexibility index (Phi) is 2.18.